The van der Waals surface area contributed by atoms with Gasteiger partial charge in [-0.15, -0.1) is 0 Å². The van der Waals surface area contributed by atoms with E-state index in [0.29, 0.717) is 17.0 Å². The molecule has 1 N–H and O–H groups in total. The number of carbonyl (C=O) groups excluding carboxylic acids is 4. The van der Waals surface area contributed by atoms with E-state index in [1.807, 2.05) is 0 Å². The predicted molar refractivity (Wildman–Crippen MR) is 108 cm³/mol. The van der Waals surface area contributed by atoms with Crippen molar-refractivity contribution in [1.82, 2.24) is 5.32 Å². The monoisotopic (exact) mass is 409 g/mol. The molecule has 0 unspecified atom stereocenters. The van der Waals surface area contributed by atoms with Gasteiger partial charge < -0.3 is 9.47 Å². The number of ether oxygens (including phenoxy) is 2. The lowest BCUT2D eigenvalue weighted by Crippen LogP contribution is -2.58. The second-order valence-electron chi connectivity index (χ2n) is 6.20. The second kappa shape index (κ2) is 8.99. The van der Waals surface area contributed by atoms with Crippen molar-refractivity contribution in [3.8, 4) is 5.75 Å². The number of aliphatic imine (C=N–C) groups is 1. The van der Waals surface area contributed by atoms with Gasteiger partial charge in [0, 0.05) is 12.3 Å². The van der Waals surface area contributed by atoms with E-state index < -0.39 is 29.7 Å². The Hall–Kier alpha value is -4.01. The molecule has 1 atom stereocenters. The van der Waals surface area contributed by atoms with Crippen molar-refractivity contribution < 1.29 is 28.7 Å². The molecule has 4 amide bonds. The van der Waals surface area contributed by atoms with Crippen LogP contribution in [0.4, 0.5) is 16.2 Å². The van der Waals surface area contributed by atoms with Gasteiger partial charge in [-0.05, 0) is 37.3 Å². The van der Waals surface area contributed by atoms with Crippen LogP contribution < -0.4 is 15.0 Å². The number of hydrogen-bond acceptors (Lipinski definition) is 7. The number of nitrogens with zero attached hydrogens (tertiary/aromatic N) is 2. The molecule has 1 aliphatic heterocycles. The number of rotatable bonds is 6. The van der Waals surface area contributed by atoms with E-state index in [0.717, 1.165) is 11.1 Å². The number of amides is 4. The number of nitrogens with one attached hydrogen (secondary N) is 1. The van der Waals surface area contributed by atoms with E-state index in [9.17, 15) is 19.2 Å². The van der Waals surface area contributed by atoms with Crippen LogP contribution in [-0.4, -0.2) is 43.7 Å². The predicted octanol–water partition coefficient (Wildman–Crippen LogP) is 2.47. The molecule has 3 rings (SSSR count). The van der Waals surface area contributed by atoms with Gasteiger partial charge in [0.2, 0.25) is 5.91 Å². The molecule has 0 spiro atoms. The third-order valence-corrected chi connectivity index (χ3v) is 4.24. The highest BCUT2D eigenvalue weighted by atomic mass is 16.5. The minimum Gasteiger partial charge on any atom is -0.497 e. The topological polar surface area (TPSA) is 114 Å². The van der Waals surface area contributed by atoms with Crippen molar-refractivity contribution in [1.29, 1.82) is 0 Å². The zero-order valence-corrected chi connectivity index (χ0v) is 16.3. The number of barbiturate groups is 1. The fourth-order valence-electron chi connectivity index (χ4n) is 2.80. The van der Waals surface area contributed by atoms with Gasteiger partial charge in [-0.3, -0.25) is 19.9 Å². The molecule has 30 heavy (non-hydrogen) atoms. The van der Waals surface area contributed by atoms with Gasteiger partial charge in [0.05, 0.1) is 30.7 Å². The van der Waals surface area contributed by atoms with Gasteiger partial charge in [0.15, 0.2) is 5.92 Å². The van der Waals surface area contributed by atoms with Gasteiger partial charge in [0.25, 0.3) is 5.91 Å². The summed E-state index contributed by atoms with van der Waals surface area (Å²) >= 11 is 0. The number of esters is 1. The summed E-state index contributed by atoms with van der Waals surface area (Å²) in [5.74, 6) is -2.90. The van der Waals surface area contributed by atoms with E-state index in [1.165, 1.54) is 19.2 Å². The van der Waals surface area contributed by atoms with Crippen LogP contribution in [-0.2, 0) is 14.3 Å². The summed E-state index contributed by atoms with van der Waals surface area (Å²) < 4.78 is 10.1. The molecule has 0 bridgehead atoms. The molecule has 0 aliphatic carbocycles. The highest BCUT2D eigenvalue weighted by Crippen LogP contribution is 2.25. The minimum atomic E-state index is -1.32. The summed E-state index contributed by atoms with van der Waals surface area (Å²) in [7, 11) is 1.46. The summed E-state index contributed by atoms with van der Waals surface area (Å²) in [6, 6.07) is 11.7. The Morgan fingerprint density at radius 2 is 1.93 bits per heavy atom. The molecule has 2 aromatic rings. The van der Waals surface area contributed by atoms with Crippen molar-refractivity contribution in [3.05, 3.63) is 54.1 Å². The van der Waals surface area contributed by atoms with Crippen molar-refractivity contribution in [2.45, 2.75) is 6.92 Å². The van der Waals surface area contributed by atoms with Crippen molar-refractivity contribution in [3.63, 3.8) is 0 Å². The molecule has 1 aliphatic rings. The summed E-state index contributed by atoms with van der Waals surface area (Å²) in [6.45, 7) is 1.93. The largest absolute Gasteiger partial charge is 0.497 e. The number of imide groups is 2. The lowest BCUT2D eigenvalue weighted by molar-refractivity contribution is -0.131. The van der Waals surface area contributed by atoms with Crippen LogP contribution in [0.3, 0.4) is 0 Å². The number of urea groups is 1. The van der Waals surface area contributed by atoms with Crippen molar-refractivity contribution in [2.24, 2.45) is 10.9 Å². The summed E-state index contributed by atoms with van der Waals surface area (Å²) in [4.78, 5) is 54.2. The average Bonchev–Trinajstić information content (AvgIpc) is 2.74. The minimum absolute atomic E-state index is 0.233. The maximum Gasteiger partial charge on any atom is 0.338 e. The molecule has 1 saturated heterocycles. The van der Waals surface area contributed by atoms with Crippen LogP contribution >= 0.6 is 0 Å². The Bertz CT molecular complexity index is 1030. The SMILES string of the molecule is CCOC(=O)c1cccc(N=C[C@@H]2C(=O)NC(=O)N(c3cccc(OC)c3)C2=O)c1. The molecule has 154 valence electrons. The van der Waals surface area contributed by atoms with Crippen LogP contribution in [0.1, 0.15) is 17.3 Å². The maximum absolute atomic E-state index is 12.9. The molecule has 2 aromatic carbocycles. The Labute approximate surface area is 172 Å². The normalized spacial score (nSPS) is 16.5. The standard InChI is InChI=1S/C21H19N3O6/c1-3-30-20(27)13-6-4-7-14(10-13)22-12-17-18(25)23-21(28)24(19(17)26)15-8-5-9-16(11-15)29-2/h4-12,17H,3H2,1-2H3,(H,23,25,28)/t17-/m1/s1. The molecule has 1 heterocycles. The van der Waals surface area contributed by atoms with E-state index in [1.54, 1.807) is 43.3 Å². The van der Waals surface area contributed by atoms with Crippen LogP contribution in [0.2, 0.25) is 0 Å². The van der Waals surface area contributed by atoms with Gasteiger partial charge in [-0.2, -0.15) is 0 Å². The zero-order valence-electron chi connectivity index (χ0n) is 16.3. The number of benzene rings is 2. The summed E-state index contributed by atoms with van der Waals surface area (Å²) in [6.07, 6.45) is 1.14. The number of hydrogen-bond donors (Lipinski definition) is 1. The number of methoxy groups -OCH3 is 1. The molecule has 0 aromatic heterocycles. The van der Waals surface area contributed by atoms with Crippen LogP contribution in [0.5, 0.6) is 5.75 Å². The summed E-state index contributed by atoms with van der Waals surface area (Å²) in [5, 5.41) is 2.15. The third kappa shape index (κ3) is 4.35. The quantitative estimate of drug-likeness (QED) is 0.445. The Kier molecular flexibility index (Phi) is 6.21. The molecule has 1 fully saturated rings. The van der Waals surface area contributed by atoms with Gasteiger partial charge in [-0.25, -0.2) is 14.5 Å². The van der Waals surface area contributed by atoms with E-state index in [2.05, 4.69) is 10.3 Å². The molecule has 9 heteroatoms. The van der Waals surface area contributed by atoms with Crippen LogP contribution in [0.25, 0.3) is 0 Å². The Balaban J connectivity index is 1.85. The first-order valence-electron chi connectivity index (χ1n) is 9.08. The Morgan fingerprint density at radius 3 is 2.67 bits per heavy atom. The average molecular weight is 409 g/mol. The van der Waals surface area contributed by atoms with Crippen LogP contribution in [0.15, 0.2) is 53.5 Å². The fraction of sp³-hybridized carbons (Fsp3) is 0.190. The molecule has 9 nitrogen and oxygen atoms in total. The highest BCUT2D eigenvalue weighted by Gasteiger charge is 2.40. The lowest BCUT2D eigenvalue weighted by atomic mass is 10.1. The summed E-state index contributed by atoms with van der Waals surface area (Å²) in [5.41, 5.74) is 0.900. The fourth-order valence-corrected chi connectivity index (χ4v) is 2.80. The van der Waals surface area contributed by atoms with Gasteiger partial charge >= 0.3 is 12.0 Å². The first kappa shape index (κ1) is 20.7. The van der Waals surface area contributed by atoms with Gasteiger partial charge in [-0.1, -0.05) is 12.1 Å². The van der Waals surface area contributed by atoms with Crippen molar-refractivity contribution in [2.75, 3.05) is 18.6 Å². The number of carbonyl (C=O) groups is 4. The third-order valence-electron chi connectivity index (χ3n) is 4.24. The van der Waals surface area contributed by atoms with E-state index in [4.69, 9.17) is 9.47 Å². The van der Waals surface area contributed by atoms with Crippen LogP contribution in [0, 0.1) is 5.92 Å². The molecular formula is C21H19N3O6. The van der Waals surface area contributed by atoms with E-state index >= 15 is 0 Å². The molecule has 0 saturated carbocycles. The van der Waals surface area contributed by atoms with E-state index in [-0.39, 0.29) is 12.3 Å². The highest BCUT2D eigenvalue weighted by molar-refractivity contribution is 6.32. The molecular weight excluding hydrogens is 390 g/mol. The van der Waals surface area contributed by atoms with Gasteiger partial charge in [0.1, 0.15) is 5.75 Å². The maximum atomic E-state index is 12.9. The van der Waals surface area contributed by atoms with Crippen molar-refractivity contribution >= 4 is 41.4 Å². The smallest absolute Gasteiger partial charge is 0.338 e. The lowest BCUT2D eigenvalue weighted by Gasteiger charge is -2.28. The Morgan fingerprint density at radius 1 is 1.17 bits per heavy atom. The second-order valence-corrected chi connectivity index (χ2v) is 6.20. The number of anilines is 1. The first-order chi connectivity index (χ1) is 14.4. The first-order valence-corrected chi connectivity index (χ1v) is 9.08. The zero-order chi connectivity index (χ0) is 21.7. The molecule has 0 radical (unpaired) electrons.